The van der Waals surface area contributed by atoms with Gasteiger partial charge in [-0.25, -0.2) is 9.89 Å². The molecule has 112 valence electrons. The molecule has 0 spiro atoms. The second-order valence-electron chi connectivity index (χ2n) is 4.32. The van der Waals surface area contributed by atoms with Crippen LogP contribution in [0.4, 0.5) is 11.4 Å². The van der Waals surface area contributed by atoms with Gasteiger partial charge in [0.1, 0.15) is 0 Å². The van der Waals surface area contributed by atoms with Crippen LogP contribution in [0.25, 0.3) is 0 Å². The molecule has 2 rings (SSSR count). The van der Waals surface area contributed by atoms with Gasteiger partial charge in [0.25, 0.3) is 0 Å². The minimum atomic E-state index is -0.230. The number of benzene rings is 1. The van der Waals surface area contributed by atoms with E-state index in [-0.39, 0.29) is 11.6 Å². The third-order valence-electron chi connectivity index (χ3n) is 2.79. The van der Waals surface area contributed by atoms with Crippen LogP contribution in [0.3, 0.4) is 0 Å². The Hall–Kier alpha value is -2.22. The molecule has 1 aromatic carbocycles. The lowest BCUT2D eigenvalue weighted by Gasteiger charge is -2.05. The van der Waals surface area contributed by atoms with Crippen molar-refractivity contribution in [2.45, 2.75) is 25.0 Å². The number of nitrogens with two attached hydrogens (primary N) is 1. The number of nitrogen functional groups attached to an aromatic ring is 1. The molecule has 7 nitrogen and oxygen atoms in total. The van der Waals surface area contributed by atoms with Gasteiger partial charge in [-0.3, -0.25) is 9.36 Å². The van der Waals surface area contributed by atoms with E-state index < -0.39 is 0 Å². The molecular weight excluding hydrogens is 290 g/mol. The van der Waals surface area contributed by atoms with E-state index in [2.05, 4.69) is 15.5 Å². The molecule has 21 heavy (non-hydrogen) atoms. The van der Waals surface area contributed by atoms with Crippen molar-refractivity contribution in [2.24, 2.45) is 0 Å². The highest BCUT2D eigenvalue weighted by Crippen LogP contribution is 2.15. The Balaban J connectivity index is 1.81. The molecule has 0 fully saturated rings. The van der Waals surface area contributed by atoms with Crippen LogP contribution in [-0.4, -0.2) is 26.4 Å². The van der Waals surface area contributed by atoms with E-state index in [1.54, 1.807) is 24.3 Å². The van der Waals surface area contributed by atoms with Gasteiger partial charge in [-0.15, -0.1) is 5.10 Å². The topological polar surface area (TPSA) is 106 Å². The second-order valence-corrected chi connectivity index (χ2v) is 5.39. The number of aromatic nitrogens is 3. The molecule has 1 amide bonds. The molecule has 0 unspecified atom stereocenters. The first-order valence-electron chi connectivity index (χ1n) is 6.53. The number of carbonyl (C=O) groups excluding carboxylic acids is 1. The summed E-state index contributed by atoms with van der Waals surface area (Å²) in [6, 6.07) is 6.97. The molecule has 0 atom stereocenters. The van der Waals surface area contributed by atoms with Gasteiger partial charge in [-0.05, 0) is 31.2 Å². The average molecular weight is 307 g/mol. The molecule has 2 aromatic rings. The number of nitrogens with zero attached hydrogens (tertiary/aromatic N) is 2. The predicted octanol–water partition coefficient (Wildman–Crippen LogP) is 1.29. The summed E-state index contributed by atoms with van der Waals surface area (Å²) in [6.07, 6.45) is 0.333. The number of hydrogen-bond acceptors (Lipinski definition) is 5. The number of rotatable bonds is 6. The zero-order valence-corrected chi connectivity index (χ0v) is 12.4. The molecule has 0 radical (unpaired) electrons. The Morgan fingerprint density at radius 2 is 2.14 bits per heavy atom. The summed E-state index contributed by atoms with van der Waals surface area (Å²) in [5, 5.41) is 9.70. The van der Waals surface area contributed by atoms with E-state index in [1.165, 1.54) is 16.3 Å². The first kappa shape index (κ1) is 15.2. The molecule has 4 N–H and O–H groups in total. The summed E-state index contributed by atoms with van der Waals surface area (Å²) in [5.74, 6) is 0.457. The summed E-state index contributed by atoms with van der Waals surface area (Å²) < 4.78 is 1.53. The van der Waals surface area contributed by atoms with Crippen molar-refractivity contribution in [3.8, 4) is 0 Å². The molecule has 0 saturated heterocycles. The maximum atomic E-state index is 11.8. The summed E-state index contributed by atoms with van der Waals surface area (Å²) >= 11 is 1.37. The van der Waals surface area contributed by atoms with Gasteiger partial charge in [-0.1, -0.05) is 11.8 Å². The lowest BCUT2D eigenvalue weighted by molar-refractivity contribution is -0.115. The van der Waals surface area contributed by atoms with Gasteiger partial charge < -0.3 is 11.1 Å². The summed E-state index contributed by atoms with van der Waals surface area (Å²) in [4.78, 5) is 23.2. The Morgan fingerprint density at radius 1 is 1.43 bits per heavy atom. The number of aromatic amines is 1. The number of carbonyl (C=O) groups is 1. The highest BCUT2D eigenvalue weighted by atomic mass is 32.2. The number of thioether (sulfide) groups is 1. The molecule has 0 aliphatic heterocycles. The third-order valence-corrected chi connectivity index (χ3v) is 3.77. The lowest BCUT2D eigenvalue weighted by Crippen LogP contribution is -2.16. The minimum Gasteiger partial charge on any atom is -0.399 e. The molecule has 0 aliphatic rings. The molecule has 0 bridgehead atoms. The zero-order chi connectivity index (χ0) is 15.2. The van der Waals surface area contributed by atoms with Gasteiger partial charge >= 0.3 is 5.69 Å². The average Bonchev–Trinajstić information content (AvgIpc) is 2.82. The van der Waals surface area contributed by atoms with Crippen molar-refractivity contribution in [1.82, 2.24) is 14.8 Å². The first-order valence-corrected chi connectivity index (χ1v) is 7.52. The zero-order valence-electron chi connectivity index (χ0n) is 11.6. The van der Waals surface area contributed by atoms with Crippen LogP contribution in [0.5, 0.6) is 0 Å². The van der Waals surface area contributed by atoms with Crippen LogP contribution >= 0.6 is 11.8 Å². The fraction of sp³-hybridized carbons (Fsp3) is 0.308. The maximum Gasteiger partial charge on any atom is 0.343 e. The second kappa shape index (κ2) is 6.98. The minimum absolute atomic E-state index is 0.0896. The van der Waals surface area contributed by atoms with E-state index >= 15 is 0 Å². The van der Waals surface area contributed by atoms with Crippen molar-refractivity contribution < 1.29 is 4.79 Å². The number of hydrogen-bond donors (Lipinski definition) is 3. The van der Waals surface area contributed by atoms with Crippen LogP contribution < -0.4 is 16.7 Å². The van der Waals surface area contributed by atoms with Crippen LogP contribution in [0, 0.1) is 0 Å². The highest BCUT2D eigenvalue weighted by molar-refractivity contribution is 7.99. The predicted molar refractivity (Wildman–Crippen MR) is 83.3 cm³/mol. The third kappa shape index (κ3) is 4.12. The van der Waals surface area contributed by atoms with Crippen LogP contribution in [0.15, 0.2) is 34.2 Å². The smallest absolute Gasteiger partial charge is 0.343 e. The van der Waals surface area contributed by atoms with E-state index in [4.69, 9.17) is 5.73 Å². The van der Waals surface area contributed by atoms with Crippen molar-refractivity contribution in [3.05, 3.63) is 34.7 Å². The number of amides is 1. The van der Waals surface area contributed by atoms with Gasteiger partial charge in [0.2, 0.25) is 5.91 Å². The van der Waals surface area contributed by atoms with E-state index in [1.807, 2.05) is 6.92 Å². The molecular formula is C13H17N5O2S. The van der Waals surface area contributed by atoms with Gasteiger partial charge in [0.05, 0.1) is 0 Å². The van der Waals surface area contributed by atoms with Gasteiger partial charge in [0.15, 0.2) is 5.16 Å². The lowest BCUT2D eigenvalue weighted by atomic mass is 10.3. The standard InChI is InChI=1S/C13H17N5O2S/c1-2-18-12(20)16-17-13(18)21-8-7-11(19)15-10-5-3-9(14)4-6-10/h3-6H,2,7-8,14H2,1H3,(H,15,19)(H,16,20). The normalized spacial score (nSPS) is 10.5. The first-order chi connectivity index (χ1) is 10.1. The fourth-order valence-corrected chi connectivity index (χ4v) is 2.67. The fourth-order valence-electron chi connectivity index (χ4n) is 1.72. The van der Waals surface area contributed by atoms with Crippen molar-refractivity contribution in [2.75, 3.05) is 16.8 Å². The van der Waals surface area contributed by atoms with Crippen LogP contribution in [0.1, 0.15) is 13.3 Å². The monoisotopic (exact) mass is 307 g/mol. The van der Waals surface area contributed by atoms with Gasteiger partial charge in [-0.2, -0.15) is 0 Å². The van der Waals surface area contributed by atoms with E-state index in [0.29, 0.717) is 35.2 Å². The van der Waals surface area contributed by atoms with Crippen molar-refractivity contribution in [3.63, 3.8) is 0 Å². The van der Waals surface area contributed by atoms with E-state index in [9.17, 15) is 9.59 Å². The summed E-state index contributed by atoms with van der Waals surface area (Å²) in [7, 11) is 0. The Labute approximate surface area is 125 Å². The van der Waals surface area contributed by atoms with Crippen molar-refractivity contribution >= 4 is 29.0 Å². The Kier molecular flexibility index (Phi) is 5.04. The highest BCUT2D eigenvalue weighted by Gasteiger charge is 2.08. The molecule has 1 aromatic heterocycles. The largest absolute Gasteiger partial charge is 0.399 e. The van der Waals surface area contributed by atoms with E-state index in [0.717, 1.165) is 0 Å². The van der Waals surface area contributed by atoms with Crippen molar-refractivity contribution in [1.29, 1.82) is 0 Å². The van der Waals surface area contributed by atoms with Crippen LogP contribution in [0.2, 0.25) is 0 Å². The number of nitrogens with one attached hydrogen (secondary N) is 2. The van der Waals surface area contributed by atoms with Gasteiger partial charge in [0, 0.05) is 30.1 Å². The molecule has 0 aliphatic carbocycles. The Morgan fingerprint density at radius 3 is 2.81 bits per heavy atom. The summed E-state index contributed by atoms with van der Waals surface area (Å²) in [5.41, 5.74) is 6.71. The maximum absolute atomic E-state index is 11.8. The number of anilines is 2. The summed E-state index contributed by atoms with van der Waals surface area (Å²) in [6.45, 7) is 2.42. The molecule has 0 saturated carbocycles. The Bertz CT molecular complexity index is 662. The quantitative estimate of drug-likeness (QED) is 0.551. The molecule has 1 heterocycles. The van der Waals surface area contributed by atoms with Crippen LogP contribution in [-0.2, 0) is 11.3 Å². The molecule has 8 heteroatoms. The number of H-pyrrole nitrogens is 1. The SMILES string of the molecule is CCn1c(SCCC(=O)Nc2ccc(N)cc2)n[nH]c1=O.